The first-order valence-electron chi connectivity index (χ1n) is 10.0. The van der Waals surface area contributed by atoms with Gasteiger partial charge in [-0.2, -0.15) is 0 Å². The van der Waals surface area contributed by atoms with Crippen LogP contribution in [0.5, 0.6) is 0 Å². The van der Waals surface area contributed by atoms with Gasteiger partial charge in [-0.25, -0.2) is 0 Å². The summed E-state index contributed by atoms with van der Waals surface area (Å²) in [7, 11) is 1.69. The number of nitrogens with one attached hydrogen (secondary N) is 1. The minimum absolute atomic E-state index is 0.0708. The smallest absolute Gasteiger partial charge is 0.251 e. The van der Waals surface area contributed by atoms with Crippen molar-refractivity contribution in [2.45, 2.75) is 50.7 Å². The first-order chi connectivity index (χ1) is 13.9. The zero-order valence-corrected chi connectivity index (χ0v) is 17.2. The number of nitrogens with zero attached hydrogens (tertiary/aromatic N) is 2. The number of benzene rings is 1. The lowest BCUT2D eigenvalue weighted by Gasteiger charge is -2.54. The van der Waals surface area contributed by atoms with Crippen LogP contribution in [0.4, 0.5) is 0 Å². The summed E-state index contributed by atoms with van der Waals surface area (Å²) in [5, 5.41) is 7.14. The summed E-state index contributed by atoms with van der Waals surface area (Å²) in [6.07, 6.45) is 2.78. The predicted molar refractivity (Wildman–Crippen MR) is 106 cm³/mol. The molecule has 2 aliphatic rings. The number of methoxy groups -OCH3 is 1. The van der Waals surface area contributed by atoms with Gasteiger partial charge in [0.2, 0.25) is 5.91 Å². The SMILES string of the molecule is COC1(C2(NC(=O)c3ccccc3)CN(C(=O)CCc3c(C)noc3C)C2)CC1. The molecule has 29 heavy (non-hydrogen) atoms. The highest BCUT2D eigenvalue weighted by molar-refractivity contribution is 5.95. The minimum Gasteiger partial charge on any atom is -0.376 e. The summed E-state index contributed by atoms with van der Waals surface area (Å²) in [4.78, 5) is 27.3. The highest BCUT2D eigenvalue weighted by atomic mass is 16.5. The van der Waals surface area contributed by atoms with E-state index in [0.29, 0.717) is 31.5 Å². The number of likely N-dealkylation sites (tertiary alicyclic amines) is 1. The molecule has 2 aromatic rings. The summed E-state index contributed by atoms with van der Waals surface area (Å²) in [5.41, 5.74) is 1.53. The Morgan fingerprint density at radius 2 is 1.90 bits per heavy atom. The molecule has 154 valence electrons. The van der Waals surface area contributed by atoms with Gasteiger partial charge in [0.1, 0.15) is 11.3 Å². The summed E-state index contributed by atoms with van der Waals surface area (Å²) < 4.78 is 11.0. The van der Waals surface area contributed by atoms with E-state index in [1.807, 2.05) is 36.9 Å². The molecular weight excluding hydrogens is 370 g/mol. The van der Waals surface area contributed by atoms with Gasteiger partial charge < -0.3 is 19.5 Å². The van der Waals surface area contributed by atoms with Crippen molar-refractivity contribution >= 4 is 11.8 Å². The zero-order chi connectivity index (χ0) is 20.6. The quantitative estimate of drug-likeness (QED) is 0.776. The topological polar surface area (TPSA) is 84.7 Å². The van der Waals surface area contributed by atoms with E-state index in [0.717, 1.165) is 29.9 Å². The highest BCUT2D eigenvalue weighted by Gasteiger charge is 2.66. The van der Waals surface area contributed by atoms with Crippen LogP contribution in [-0.4, -0.2) is 53.2 Å². The maximum absolute atomic E-state index is 12.8. The van der Waals surface area contributed by atoms with Gasteiger partial charge in [0, 0.05) is 37.7 Å². The standard InChI is InChI=1S/C22H27N3O4/c1-15-18(16(2)29-24-15)9-10-19(26)25-13-21(14-25,22(28-3)11-12-22)23-20(27)17-7-5-4-6-8-17/h4-8H,9-14H2,1-3H3,(H,23,27). The molecule has 2 amide bonds. The van der Waals surface area contributed by atoms with Gasteiger partial charge in [-0.3, -0.25) is 9.59 Å². The molecule has 2 heterocycles. The maximum Gasteiger partial charge on any atom is 0.251 e. The van der Waals surface area contributed by atoms with Gasteiger partial charge >= 0.3 is 0 Å². The van der Waals surface area contributed by atoms with Crippen molar-refractivity contribution in [2.24, 2.45) is 0 Å². The van der Waals surface area contributed by atoms with E-state index in [9.17, 15) is 9.59 Å². The number of rotatable bonds is 7. The third-order valence-electron chi connectivity index (χ3n) is 6.40. The van der Waals surface area contributed by atoms with E-state index in [-0.39, 0.29) is 17.4 Å². The third-order valence-corrected chi connectivity index (χ3v) is 6.40. The fourth-order valence-electron chi connectivity index (χ4n) is 4.38. The Labute approximate surface area is 170 Å². The fraction of sp³-hybridized carbons (Fsp3) is 0.500. The Morgan fingerprint density at radius 3 is 2.45 bits per heavy atom. The Hall–Kier alpha value is -2.67. The molecule has 0 radical (unpaired) electrons. The van der Waals surface area contributed by atoms with Crippen molar-refractivity contribution in [1.82, 2.24) is 15.4 Å². The number of amides is 2. The normalized spacial score (nSPS) is 18.8. The summed E-state index contributed by atoms with van der Waals surface area (Å²) in [5.74, 6) is 0.706. The molecule has 4 rings (SSSR count). The van der Waals surface area contributed by atoms with E-state index >= 15 is 0 Å². The molecule has 1 N–H and O–H groups in total. The molecule has 0 unspecified atom stereocenters. The van der Waals surface area contributed by atoms with Crippen molar-refractivity contribution < 1.29 is 18.8 Å². The summed E-state index contributed by atoms with van der Waals surface area (Å²) in [6, 6.07) is 9.15. The van der Waals surface area contributed by atoms with Crippen LogP contribution in [0.2, 0.25) is 0 Å². The average Bonchev–Trinajstić information content (AvgIpc) is 3.44. The van der Waals surface area contributed by atoms with E-state index in [1.54, 1.807) is 19.2 Å². The van der Waals surface area contributed by atoms with Gasteiger partial charge in [-0.15, -0.1) is 0 Å². The molecule has 1 aliphatic heterocycles. The van der Waals surface area contributed by atoms with Crippen molar-refractivity contribution in [3.05, 3.63) is 52.9 Å². The number of ether oxygens (including phenoxy) is 1. The lowest BCUT2D eigenvalue weighted by molar-refractivity contribution is -0.148. The molecule has 1 aromatic carbocycles. The van der Waals surface area contributed by atoms with Crippen LogP contribution >= 0.6 is 0 Å². The Kier molecular flexibility index (Phi) is 4.94. The lowest BCUT2D eigenvalue weighted by Crippen LogP contribution is -2.77. The van der Waals surface area contributed by atoms with Crippen molar-refractivity contribution in [1.29, 1.82) is 0 Å². The molecule has 7 heteroatoms. The van der Waals surface area contributed by atoms with Crippen LogP contribution in [0.15, 0.2) is 34.9 Å². The largest absolute Gasteiger partial charge is 0.376 e. The molecule has 1 aliphatic carbocycles. The first kappa shape index (κ1) is 19.6. The molecule has 0 atom stereocenters. The number of carbonyl (C=O) groups is 2. The average molecular weight is 397 g/mol. The van der Waals surface area contributed by atoms with Crippen molar-refractivity contribution in [2.75, 3.05) is 20.2 Å². The number of aromatic nitrogens is 1. The highest BCUT2D eigenvalue weighted by Crippen LogP contribution is 2.51. The molecule has 1 saturated heterocycles. The van der Waals surface area contributed by atoms with Crippen LogP contribution in [0.1, 0.15) is 46.6 Å². The van der Waals surface area contributed by atoms with E-state index in [4.69, 9.17) is 9.26 Å². The number of hydrogen-bond acceptors (Lipinski definition) is 5. The van der Waals surface area contributed by atoms with Crippen LogP contribution in [-0.2, 0) is 16.0 Å². The first-order valence-corrected chi connectivity index (χ1v) is 10.0. The molecule has 7 nitrogen and oxygen atoms in total. The van der Waals surface area contributed by atoms with Crippen LogP contribution in [0.3, 0.4) is 0 Å². The summed E-state index contributed by atoms with van der Waals surface area (Å²) in [6.45, 7) is 4.70. The third kappa shape index (κ3) is 3.44. The summed E-state index contributed by atoms with van der Waals surface area (Å²) >= 11 is 0. The number of carbonyl (C=O) groups excluding carboxylic acids is 2. The Morgan fingerprint density at radius 1 is 1.21 bits per heavy atom. The number of aryl methyl sites for hydroxylation is 2. The molecule has 0 spiro atoms. The maximum atomic E-state index is 12.8. The Balaban J connectivity index is 1.42. The zero-order valence-electron chi connectivity index (χ0n) is 17.2. The van der Waals surface area contributed by atoms with E-state index in [2.05, 4.69) is 10.5 Å². The molecule has 1 aromatic heterocycles. The van der Waals surface area contributed by atoms with E-state index < -0.39 is 5.54 Å². The lowest BCUT2D eigenvalue weighted by atomic mass is 9.80. The number of hydrogen-bond donors (Lipinski definition) is 1. The Bertz CT molecular complexity index is 892. The minimum atomic E-state index is -0.534. The van der Waals surface area contributed by atoms with Crippen molar-refractivity contribution in [3.8, 4) is 0 Å². The van der Waals surface area contributed by atoms with Gasteiger partial charge in [0.25, 0.3) is 5.91 Å². The second-order valence-corrected chi connectivity index (χ2v) is 8.15. The monoisotopic (exact) mass is 397 g/mol. The molecule has 0 bridgehead atoms. The second-order valence-electron chi connectivity index (χ2n) is 8.15. The molecule has 2 fully saturated rings. The predicted octanol–water partition coefficient (Wildman–Crippen LogP) is 2.41. The second kappa shape index (κ2) is 7.30. The van der Waals surface area contributed by atoms with Gasteiger partial charge in [0.05, 0.1) is 11.3 Å². The molecule has 1 saturated carbocycles. The van der Waals surface area contributed by atoms with Crippen LogP contribution in [0, 0.1) is 13.8 Å². The molecular formula is C22H27N3O4. The van der Waals surface area contributed by atoms with E-state index in [1.165, 1.54) is 0 Å². The van der Waals surface area contributed by atoms with Gasteiger partial charge in [-0.05, 0) is 45.2 Å². The van der Waals surface area contributed by atoms with Gasteiger partial charge in [-0.1, -0.05) is 23.4 Å². The fourth-order valence-corrected chi connectivity index (χ4v) is 4.38. The van der Waals surface area contributed by atoms with Crippen LogP contribution in [0.25, 0.3) is 0 Å². The van der Waals surface area contributed by atoms with Crippen molar-refractivity contribution in [3.63, 3.8) is 0 Å². The van der Waals surface area contributed by atoms with Gasteiger partial charge in [0.15, 0.2) is 0 Å². The van der Waals surface area contributed by atoms with Crippen LogP contribution < -0.4 is 5.32 Å².